The van der Waals surface area contributed by atoms with Crippen LogP contribution in [0.1, 0.15) is 25.7 Å². The van der Waals surface area contributed by atoms with Gasteiger partial charge in [-0.2, -0.15) is 4.31 Å². The molecule has 8 heteroatoms. The predicted octanol–water partition coefficient (Wildman–Crippen LogP) is 2.49. The van der Waals surface area contributed by atoms with Crippen molar-refractivity contribution in [3.8, 4) is 0 Å². The average molecular weight is 364 g/mol. The molecule has 2 heterocycles. The predicted molar refractivity (Wildman–Crippen MR) is 99.1 cm³/mol. The highest BCUT2D eigenvalue weighted by molar-refractivity contribution is 7.88. The van der Waals surface area contributed by atoms with Crippen molar-refractivity contribution in [3.05, 3.63) is 30.5 Å². The van der Waals surface area contributed by atoms with Crippen LogP contribution in [-0.4, -0.2) is 49.1 Å². The topological polar surface area (TPSA) is 94.3 Å². The Labute approximate surface area is 147 Å². The quantitative estimate of drug-likeness (QED) is 0.761. The van der Waals surface area contributed by atoms with Gasteiger partial charge in [0.2, 0.25) is 10.0 Å². The zero-order chi connectivity index (χ0) is 17.9. The molecule has 0 radical (unpaired) electrons. The van der Waals surface area contributed by atoms with Crippen LogP contribution in [0.3, 0.4) is 0 Å². The third-order valence-corrected chi connectivity index (χ3v) is 5.91. The fraction of sp³-hybridized carbons (Fsp3) is 0.471. The Bertz CT molecular complexity index is 846. The number of sulfonamides is 1. The molecule has 2 aromatic rings. The van der Waals surface area contributed by atoms with Crippen LogP contribution in [0, 0.1) is 0 Å². The van der Waals surface area contributed by atoms with Crippen LogP contribution in [0.15, 0.2) is 30.5 Å². The SMILES string of the molecule is CS(=O)(=O)N1CCCCC1CCNC(=O)Nc1ccc2[nH]ccc2c1. The van der Waals surface area contributed by atoms with Crippen LogP contribution < -0.4 is 10.6 Å². The second-order valence-corrected chi connectivity index (χ2v) is 8.41. The Morgan fingerprint density at radius 1 is 1.32 bits per heavy atom. The monoisotopic (exact) mass is 364 g/mol. The van der Waals surface area contributed by atoms with E-state index in [0.717, 1.165) is 35.9 Å². The largest absolute Gasteiger partial charge is 0.361 e. The first-order chi connectivity index (χ1) is 11.9. The summed E-state index contributed by atoms with van der Waals surface area (Å²) in [4.78, 5) is 15.1. The number of nitrogens with zero attached hydrogens (tertiary/aromatic N) is 1. The van der Waals surface area contributed by atoms with Gasteiger partial charge in [0.1, 0.15) is 0 Å². The lowest BCUT2D eigenvalue weighted by Crippen LogP contribution is -2.44. The van der Waals surface area contributed by atoms with E-state index >= 15 is 0 Å². The molecule has 136 valence electrons. The summed E-state index contributed by atoms with van der Waals surface area (Å²) < 4.78 is 25.3. The fourth-order valence-electron chi connectivity index (χ4n) is 3.36. The second kappa shape index (κ2) is 7.45. The molecular weight excluding hydrogens is 340 g/mol. The van der Waals surface area contributed by atoms with E-state index < -0.39 is 10.0 Å². The molecule has 0 aliphatic carbocycles. The lowest BCUT2D eigenvalue weighted by atomic mass is 10.0. The number of carbonyl (C=O) groups excluding carboxylic acids is 1. The molecule has 1 atom stereocenters. The third kappa shape index (κ3) is 4.52. The van der Waals surface area contributed by atoms with E-state index in [-0.39, 0.29) is 12.1 Å². The van der Waals surface area contributed by atoms with Crippen LogP contribution in [0.2, 0.25) is 0 Å². The van der Waals surface area contributed by atoms with E-state index in [0.29, 0.717) is 19.5 Å². The standard InChI is InChI=1S/C17H24N4O3S/c1-25(23,24)21-11-3-2-4-15(21)8-10-19-17(22)20-14-5-6-16-13(12-14)7-9-18-16/h5-7,9,12,15,18H,2-4,8,10-11H2,1H3,(H2,19,20,22). The molecule has 0 saturated carbocycles. The van der Waals surface area contributed by atoms with E-state index in [1.165, 1.54) is 6.26 Å². The van der Waals surface area contributed by atoms with Crippen molar-refractivity contribution in [2.75, 3.05) is 24.7 Å². The minimum atomic E-state index is -3.19. The van der Waals surface area contributed by atoms with E-state index in [9.17, 15) is 13.2 Å². The van der Waals surface area contributed by atoms with Crippen LogP contribution in [0.5, 0.6) is 0 Å². The molecule has 1 aliphatic rings. The zero-order valence-electron chi connectivity index (χ0n) is 14.3. The van der Waals surface area contributed by atoms with E-state index in [1.807, 2.05) is 30.5 Å². The van der Waals surface area contributed by atoms with Crippen molar-refractivity contribution in [1.29, 1.82) is 0 Å². The van der Waals surface area contributed by atoms with Gasteiger partial charge in [-0.05, 0) is 43.5 Å². The number of urea groups is 1. The number of hydrogen-bond donors (Lipinski definition) is 3. The van der Waals surface area contributed by atoms with Crippen molar-refractivity contribution in [1.82, 2.24) is 14.6 Å². The van der Waals surface area contributed by atoms with Gasteiger partial charge in [0.05, 0.1) is 6.26 Å². The third-order valence-electron chi connectivity index (χ3n) is 4.57. The molecule has 0 bridgehead atoms. The molecule has 7 nitrogen and oxygen atoms in total. The minimum Gasteiger partial charge on any atom is -0.361 e. The summed E-state index contributed by atoms with van der Waals surface area (Å²) in [6, 6.07) is 7.29. The van der Waals surface area contributed by atoms with E-state index in [4.69, 9.17) is 0 Å². The smallest absolute Gasteiger partial charge is 0.319 e. The van der Waals surface area contributed by atoms with Crippen molar-refractivity contribution in [3.63, 3.8) is 0 Å². The van der Waals surface area contributed by atoms with Crippen LogP contribution in [0.25, 0.3) is 10.9 Å². The first-order valence-corrected chi connectivity index (χ1v) is 10.4. The Hall–Kier alpha value is -2.06. The van der Waals surface area contributed by atoms with Crippen molar-refractivity contribution >= 4 is 32.6 Å². The number of aromatic amines is 1. The molecule has 1 aromatic heterocycles. The molecule has 3 N–H and O–H groups in total. The Morgan fingerprint density at radius 3 is 2.96 bits per heavy atom. The van der Waals surface area contributed by atoms with Gasteiger partial charge in [0.15, 0.2) is 0 Å². The second-order valence-electron chi connectivity index (χ2n) is 6.47. The van der Waals surface area contributed by atoms with Crippen molar-refractivity contribution in [2.45, 2.75) is 31.7 Å². The lowest BCUT2D eigenvalue weighted by Gasteiger charge is -2.33. The number of carbonyl (C=O) groups is 1. The van der Waals surface area contributed by atoms with Crippen molar-refractivity contribution in [2.24, 2.45) is 0 Å². The molecule has 3 rings (SSSR count). The number of fused-ring (bicyclic) bond motifs is 1. The number of hydrogen-bond acceptors (Lipinski definition) is 3. The maximum atomic E-state index is 12.0. The fourth-order valence-corrected chi connectivity index (χ4v) is 4.57. The van der Waals surface area contributed by atoms with Crippen LogP contribution in [-0.2, 0) is 10.0 Å². The highest BCUT2D eigenvalue weighted by Gasteiger charge is 2.28. The summed E-state index contributed by atoms with van der Waals surface area (Å²) in [5, 5.41) is 6.65. The number of amides is 2. The Kier molecular flexibility index (Phi) is 5.29. The number of nitrogens with one attached hydrogen (secondary N) is 3. The minimum absolute atomic E-state index is 0.0275. The molecule has 1 fully saturated rings. The zero-order valence-corrected chi connectivity index (χ0v) is 15.1. The molecule has 0 spiro atoms. The summed E-state index contributed by atoms with van der Waals surface area (Å²) in [5.74, 6) is 0. The average Bonchev–Trinajstić information content (AvgIpc) is 3.02. The number of anilines is 1. The number of piperidine rings is 1. The van der Waals surface area contributed by atoms with Gasteiger partial charge in [-0.25, -0.2) is 13.2 Å². The molecule has 2 amide bonds. The molecule has 1 aliphatic heterocycles. The first kappa shape index (κ1) is 17.8. The highest BCUT2D eigenvalue weighted by atomic mass is 32.2. The van der Waals surface area contributed by atoms with Gasteiger partial charge in [-0.1, -0.05) is 6.42 Å². The molecule has 1 unspecified atom stereocenters. The highest BCUT2D eigenvalue weighted by Crippen LogP contribution is 2.22. The van der Waals surface area contributed by atoms with Crippen molar-refractivity contribution < 1.29 is 13.2 Å². The lowest BCUT2D eigenvalue weighted by molar-refractivity contribution is 0.235. The van der Waals surface area contributed by atoms with Gasteiger partial charge in [-0.15, -0.1) is 0 Å². The van der Waals surface area contributed by atoms with Crippen LogP contribution in [0.4, 0.5) is 10.5 Å². The van der Waals surface area contributed by atoms with Gasteiger partial charge in [-0.3, -0.25) is 0 Å². The molecule has 1 saturated heterocycles. The first-order valence-electron chi connectivity index (χ1n) is 8.52. The molecular formula is C17H24N4O3S. The summed E-state index contributed by atoms with van der Waals surface area (Å²) in [7, 11) is -3.19. The summed E-state index contributed by atoms with van der Waals surface area (Å²) in [6.07, 6.45) is 6.51. The molecule has 1 aromatic carbocycles. The maximum Gasteiger partial charge on any atom is 0.319 e. The summed E-state index contributed by atoms with van der Waals surface area (Å²) in [5.41, 5.74) is 1.74. The normalized spacial score (nSPS) is 19.0. The maximum absolute atomic E-state index is 12.0. The number of H-pyrrole nitrogens is 1. The number of benzene rings is 1. The van der Waals surface area contributed by atoms with Crippen LogP contribution >= 0.6 is 0 Å². The summed E-state index contributed by atoms with van der Waals surface area (Å²) >= 11 is 0. The Morgan fingerprint density at radius 2 is 2.16 bits per heavy atom. The molecule has 25 heavy (non-hydrogen) atoms. The Balaban J connectivity index is 1.50. The number of rotatable bonds is 5. The number of aromatic nitrogens is 1. The van der Waals surface area contributed by atoms with Gasteiger partial charge in [0, 0.05) is 41.9 Å². The van der Waals surface area contributed by atoms with Gasteiger partial charge in [0.25, 0.3) is 0 Å². The van der Waals surface area contributed by atoms with E-state index in [1.54, 1.807) is 4.31 Å². The van der Waals surface area contributed by atoms with Gasteiger partial charge >= 0.3 is 6.03 Å². The van der Waals surface area contributed by atoms with Gasteiger partial charge < -0.3 is 15.6 Å². The van der Waals surface area contributed by atoms with E-state index in [2.05, 4.69) is 15.6 Å². The summed E-state index contributed by atoms with van der Waals surface area (Å²) in [6.45, 7) is 1.02.